The average molecular weight is 300 g/mol. The summed E-state index contributed by atoms with van der Waals surface area (Å²) in [5.41, 5.74) is 1.33. The fourth-order valence-electron chi connectivity index (χ4n) is 2.22. The van der Waals surface area contributed by atoms with Gasteiger partial charge in [-0.1, -0.05) is 18.2 Å². The normalized spacial score (nSPS) is 10.3. The predicted octanol–water partition coefficient (Wildman–Crippen LogP) is 2.22. The number of anilines is 1. The smallest absolute Gasteiger partial charge is 0.319 e. The van der Waals surface area contributed by atoms with Gasteiger partial charge in [-0.3, -0.25) is 9.78 Å². The van der Waals surface area contributed by atoms with Crippen molar-refractivity contribution in [2.45, 2.75) is 13.8 Å². The molecule has 3 amide bonds. The molecule has 0 bridgehead atoms. The van der Waals surface area contributed by atoms with Crippen LogP contribution in [-0.2, 0) is 4.79 Å². The minimum absolute atomic E-state index is 0.0221. The number of fused-ring (bicyclic) bond motifs is 1. The lowest BCUT2D eigenvalue weighted by atomic mass is 10.2. The van der Waals surface area contributed by atoms with Crippen LogP contribution in [0, 0.1) is 0 Å². The molecule has 22 heavy (non-hydrogen) atoms. The number of likely N-dealkylation sites (N-methyl/N-ethyl adjacent to an activating group) is 1. The van der Waals surface area contributed by atoms with Crippen LogP contribution in [0.3, 0.4) is 0 Å². The third-order valence-corrected chi connectivity index (χ3v) is 3.40. The molecule has 1 heterocycles. The molecule has 0 radical (unpaired) electrons. The summed E-state index contributed by atoms with van der Waals surface area (Å²) < 4.78 is 0. The maximum Gasteiger partial charge on any atom is 0.319 e. The van der Waals surface area contributed by atoms with Gasteiger partial charge in [0.05, 0.1) is 17.7 Å². The van der Waals surface area contributed by atoms with E-state index in [1.54, 1.807) is 17.2 Å². The number of hydrogen-bond donors (Lipinski definition) is 2. The van der Waals surface area contributed by atoms with E-state index in [0.717, 1.165) is 10.9 Å². The van der Waals surface area contributed by atoms with E-state index in [-0.39, 0.29) is 12.5 Å². The Kier molecular flexibility index (Phi) is 5.30. The molecule has 0 saturated heterocycles. The Bertz CT molecular complexity index is 663. The van der Waals surface area contributed by atoms with E-state index in [0.29, 0.717) is 18.8 Å². The minimum atomic E-state index is -0.418. The SMILES string of the molecule is CCN(CC)C(=O)CNC(=O)Nc1cccc2cccnc12. The summed E-state index contributed by atoms with van der Waals surface area (Å²) in [4.78, 5) is 29.7. The zero-order valence-corrected chi connectivity index (χ0v) is 12.8. The third-order valence-electron chi connectivity index (χ3n) is 3.40. The first-order valence-electron chi connectivity index (χ1n) is 7.32. The van der Waals surface area contributed by atoms with Crippen LogP contribution in [0.1, 0.15) is 13.8 Å². The quantitative estimate of drug-likeness (QED) is 0.889. The maximum atomic E-state index is 11.9. The van der Waals surface area contributed by atoms with Gasteiger partial charge in [-0.05, 0) is 26.0 Å². The summed E-state index contributed by atoms with van der Waals surface area (Å²) in [5, 5.41) is 6.25. The maximum absolute atomic E-state index is 11.9. The summed E-state index contributed by atoms with van der Waals surface area (Å²) in [6.07, 6.45) is 1.68. The van der Waals surface area contributed by atoms with Gasteiger partial charge >= 0.3 is 6.03 Å². The highest BCUT2D eigenvalue weighted by Crippen LogP contribution is 2.20. The van der Waals surface area contributed by atoms with Crippen molar-refractivity contribution in [3.05, 3.63) is 36.5 Å². The van der Waals surface area contributed by atoms with E-state index in [2.05, 4.69) is 15.6 Å². The zero-order valence-electron chi connectivity index (χ0n) is 12.8. The lowest BCUT2D eigenvalue weighted by Gasteiger charge is -2.18. The van der Waals surface area contributed by atoms with Crippen molar-refractivity contribution in [2.24, 2.45) is 0 Å². The highest BCUT2D eigenvalue weighted by atomic mass is 16.2. The van der Waals surface area contributed by atoms with Crippen molar-refractivity contribution in [3.8, 4) is 0 Å². The molecule has 1 aromatic heterocycles. The van der Waals surface area contributed by atoms with Crippen molar-refractivity contribution in [1.82, 2.24) is 15.2 Å². The van der Waals surface area contributed by atoms with Gasteiger partial charge in [-0.15, -0.1) is 0 Å². The van der Waals surface area contributed by atoms with E-state index < -0.39 is 6.03 Å². The van der Waals surface area contributed by atoms with E-state index in [4.69, 9.17) is 0 Å². The number of aromatic nitrogens is 1. The van der Waals surface area contributed by atoms with Gasteiger partial charge in [0.1, 0.15) is 0 Å². The Balaban J connectivity index is 1.98. The fourth-order valence-corrected chi connectivity index (χ4v) is 2.22. The fraction of sp³-hybridized carbons (Fsp3) is 0.312. The van der Waals surface area contributed by atoms with Gasteiger partial charge in [-0.25, -0.2) is 4.79 Å². The number of para-hydroxylation sites is 1. The molecule has 0 spiro atoms. The van der Waals surface area contributed by atoms with Gasteiger partial charge < -0.3 is 15.5 Å². The first-order chi connectivity index (χ1) is 10.7. The molecule has 0 saturated carbocycles. The monoisotopic (exact) mass is 300 g/mol. The number of pyridine rings is 1. The van der Waals surface area contributed by atoms with Crippen LogP contribution in [0.2, 0.25) is 0 Å². The number of carbonyl (C=O) groups is 2. The van der Waals surface area contributed by atoms with Crippen molar-refractivity contribution in [3.63, 3.8) is 0 Å². The third kappa shape index (κ3) is 3.72. The second-order valence-electron chi connectivity index (χ2n) is 4.75. The number of urea groups is 1. The number of rotatable bonds is 5. The van der Waals surface area contributed by atoms with Gasteiger partial charge in [0.2, 0.25) is 5.91 Å². The van der Waals surface area contributed by atoms with Crippen LogP contribution in [0.25, 0.3) is 10.9 Å². The average Bonchev–Trinajstić information content (AvgIpc) is 2.54. The first kappa shape index (κ1) is 15.8. The van der Waals surface area contributed by atoms with E-state index in [1.165, 1.54) is 0 Å². The number of nitrogens with zero attached hydrogens (tertiary/aromatic N) is 2. The van der Waals surface area contributed by atoms with Crippen LogP contribution in [-0.4, -0.2) is 41.5 Å². The second-order valence-corrected chi connectivity index (χ2v) is 4.75. The standard InChI is InChI=1S/C16H20N4O2/c1-3-20(4-2)14(21)11-18-16(22)19-13-9-5-7-12-8-6-10-17-15(12)13/h5-10H,3-4,11H2,1-2H3,(H2,18,19,22). The summed E-state index contributed by atoms with van der Waals surface area (Å²) in [7, 11) is 0. The number of amides is 3. The number of carbonyl (C=O) groups excluding carboxylic acids is 2. The molecule has 6 nitrogen and oxygen atoms in total. The number of benzene rings is 1. The number of nitrogens with one attached hydrogen (secondary N) is 2. The van der Waals surface area contributed by atoms with Crippen LogP contribution < -0.4 is 10.6 Å². The highest BCUT2D eigenvalue weighted by Gasteiger charge is 2.11. The molecular formula is C16H20N4O2. The Hall–Kier alpha value is -2.63. The lowest BCUT2D eigenvalue weighted by Crippen LogP contribution is -2.41. The number of hydrogen-bond acceptors (Lipinski definition) is 3. The van der Waals surface area contributed by atoms with Gasteiger partial charge in [0, 0.05) is 24.7 Å². The molecule has 0 atom stereocenters. The first-order valence-corrected chi connectivity index (χ1v) is 7.32. The van der Waals surface area contributed by atoms with Gasteiger partial charge in [-0.2, -0.15) is 0 Å². The van der Waals surface area contributed by atoms with Crippen molar-refractivity contribution in [1.29, 1.82) is 0 Å². The Morgan fingerprint density at radius 3 is 2.59 bits per heavy atom. The highest BCUT2D eigenvalue weighted by molar-refractivity contribution is 6.00. The summed E-state index contributed by atoms with van der Waals surface area (Å²) >= 11 is 0. The van der Waals surface area contributed by atoms with Gasteiger partial charge in [0.15, 0.2) is 0 Å². The summed E-state index contributed by atoms with van der Waals surface area (Å²) in [6, 6.07) is 8.90. The van der Waals surface area contributed by atoms with Crippen LogP contribution >= 0.6 is 0 Å². The molecule has 6 heteroatoms. The molecular weight excluding hydrogens is 280 g/mol. The molecule has 0 aliphatic rings. The summed E-state index contributed by atoms with van der Waals surface area (Å²) in [5.74, 6) is -0.101. The minimum Gasteiger partial charge on any atom is -0.342 e. The van der Waals surface area contributed by atoms with Crippen LogP contribution in [0.15, 0.2) is 36.5 Å². The molecule has 0 unspecified atom stereocenters. The van der Waals surface area contributed by atoms with Crippen LogP contribution in [0.4, 0.5) is 10.5 Å². The lowest BCUT2D eigenvalue weighted by molar-refractivity contribution is -0.129. The Morgan fingerprint density at radius 2 is 1.86 bits per heavy atom. The van der Waals surface area contributed by atoms with E-state index in [1.807, 2.05) is 38.1 Å². The molecule has 2 aromatic rings. The molecule has 1 aromatic carbocycles. The van der Waals surface area contributed by atoms with Crippen LogP contribution in [0.5, 0.6) is 0 Å². The Labute approximate surface area is 129 Å². The summed E-state index contributed by atoms with van der Waals surface area (Å²) in [6.45, 7) is 5.05. The molecule has 0 fully saturated rings. The van der Waals surface area contributed by atoms with Crippen molar-refractivity contribution in [2.75, 3.05) is 25.0 Å². The molecule has 2 N–H and O–H groups in total. The molecule has 0 aliphatic heterocycles. The second kappa shape index (κ2) is 7.40. The van der Waals surface area contributed by atoms with E-state index >= 15 is 0 Å². The van der Waals surface area contributed by atoms with Crippen molar-refractivity contribution < 1.29 is 9.59 Å². The predicted molar refractivity (Wildman–Crippen MR) is 86.7 cm³/mol. The largest absolute Gasteiger partial charge is 0.342 e. The molecule has 0 aliphatic carbocycles. The van der Waals surface area contributed by atoms with Gasteiger partial charge in [0.25, 0.3) is 0 Å². The molecule has 2 rings (SSSR count). The van der Waals surface area contributed by atoms with E-state index in [9.17, 15) is 9.59 Å². The zero-order chi connectivity index (χ0) is 15.9. The Morgan fingerprint density at radius 1 is 1.14 bits per heavy atom. The van der Waals surface area contributed by atoms with Crippen molar-refractivity contribution >= 4 is 28.5 Å². The molecule has 116 valence electrons. The topological polar surface area (TPSA) is 74.3 Å².